The molecule has 1 aliphatic carbocycles. The molecule has 0 unspecified atom stereocenters. The maximum absolute atomic E-state index is 13.6. The Kier molecular flexibility index (Phi) is 12.5. The Morgan fingerprint density at radius 2 is 1.65 bits per heavy atom. The molecule has 3 rings (SSSR count). The number of nitrogens with one attached hydrogen (secondary N) is 1. The van der Waals surface area contributed by atoms with E-state index in [0.29, 0.717) is 19.6 Å². The van der Waals surface area contributed by atoms with Crippen LogP contribution in [0, 0.1) is 0 Å². The van der Waals surface area contributed by atoms with Crippen LogP contribution in [0.3, 0.4) is 0 Å². The summed E-state index contributed by atoms with van der Waals surface area (Å²) in [6, 6.07) is 12.7. The summed E-state index contributed by atoms with van der Waals surface area (Å²) in [5.41, 5.74) is 2.32. The molecule has 0 radical (unpaired) electrons. The lowest BCUT2D eigenvalue weighted by Crippen LogP contribution is -2.50. The molecule has 0 saturated heterocycles. The predicted molar refractivity (Wildman–Crippen MR) is 155 cm³/mol. The average molecular weight is 574 g/mol. The van der Waals surface area contributed by atoms with Gasteiger partial charge in [0.05, 0.1) is 6.54 Å². The number of urea groups is 1. The molecular weight excluding hydrogens is 528 g/mol. The van der Waals surface area contributed by atoms with Gasteiger partial charge in [0, 0.05) is 42.0 Å². The van der Waals surface area contributed by atoms with Crippen LogP contribution >= 0.6 is 15.9 Å². The van der Waals surface area contributed by atoms with Crippen LogP contribution in [0.2, 0.25) is 0 Å². The van der Waals surface area contributed by atoms with Crippen molar-refractivity contribution in [2.24, 2.45) is 0 Å². The topological polar surface area (TPSA) is 57.6 Å². The number of unbranched alkanes of at least 4 members (excludes halogenated alkanes) is 3. The van der Waals surface area contributed by atoms with Crippen LogP contribution in [0.25, 0.3) is 0 Å². The Morgan fingerprint density at radius 1 is 0.946 bits per heavy atom. The summed E-state index contributed by atoms with van der Waals surface area (Å²) in [6.45, 7) is 7.08. The van der Waals surface area contributed by atoms with E-state index in [9.17, 15) is 9.59 Å². The third kappa shape index (κ3) is 9.84. The summed E-state index contributed by atoms with van der Waals surface area (Å²) in [7, 11) is 0. The van der Waals surface area contributed by atoms with Crippen molar-refractivity contribution in [3.05, 3.63) is 58.3 Å². The molecule has 1 fully saturated rings. The number of benzene rings is 1. The number of halogens is 1. The molecule has 7 heteroatoms. The molecule has 1 N–H and O–H groups in total. The number of amides is 3. The molecule has 0 atom stereocenters. The van der Waals surface area contributed by atoms with Crippen LogP contribution < -0.4 is 5.32 Å². The Bertz CT molecular complexity index is 953. The molecule has 6 nitrogen and oxygen atoms in total. The highest BCUT2D eigenvalue weighted by Crippen LogP contribution is 2.18. The highest BCUT2D eigenvalue weighted by Gasteiger charge is 2.24. The van der Waals surface area contributed by atoms with E-state index >= 15 is 0 Å². The first-order valence-electron chi connectivity index (χ1n) is 14.2. The van der Waals surface area contributed by atoms with Gasteiger partial charge < -0.3 is 19.7 Å². The Balaban J connectivity index is 1.68. The van der Waals surface area contributed by atoms with E-state index in [-0.39, 0.29) is 24.5 Å². The molecule has 204 valence electrons. The van der Waals surface area contributed by atoms with Crippen molar-refractivity contribution < 1.29 is 9.59 Å². The van der Waals surface area contributed by atoms with Crippen molar-refractivity contribution >= 4 is 27.9 Å². The summed E-state index contributed by atoms with van der Waals surface area (Å²) in [5, 5.41) is 3.23. The minimum absolute atomic E-state index is 0.0279. The second-order valence-corrected chi connectivity index (χ2v) is 11.3. The third-order valence-electron chi connectivity index (χ3n) is 7.25. The Morgan fingerprint density at radius 3 is 2.35 bits per heavy atom. The molecule has 3 amide bonds. The zero-order chi connectivity index (χ0) is 26.5. The van der Waals surface area contributed by atoms with E-state index in [1.807, 2.05) is 11.0 Å². The molecule has 0 aliphatic heterocycles. The van der Waals surface area contributed by atoms with Gasteiger partial charge in [-0.2, -0.15) is 0 Å². The van der Waals surface area contributed by atoms with Crippen molar-refractivity contribution in [2.75, 3.05) is 19.6 Å². The molecule has 1 saturated carbocycles. The lowest BCUT2D eigenvalue weighted by atomic mass is 9.96. The van der Waals surface area contributed by atoms with Gasteiger partial charge in [-0.1, -0.05) is 80.4 Å². The van der Waals surface area contributed by atoms with Crippen LogP contribution in [0.5, 0.6) is 0 Å². The van der Waals surface area contributed by atoms with Gasteiger partial charge in [0.25, 0.3) is 0 Å². The van der Waals surface area contributed by atoms with Gasteiger partial charge in [0.1, 0.15) is 6.54 Å². The second-order valence-electron chi connectivity index (χ2n) is 10.3. The molecule has 0 spiro atoms. The van der Waals surface area contributed by atoms with Crippen molar-refractivity contribution in [1.29, 1.82) is 0 Å². The number of hydrogen-bond acceptors (Lipinski definition) is 2. The SMILES string of the molecule is CCCCCN(CC(=O)N(CCCC)Cc1cccn1Cc1ccc(Br)cc1)C(=O)NC1CCCCC1. The second kappa shape index (κ2) is 15.9. The largest absolute Gasteiger partial charge is 0.345 e. The maximum atomic E-state index is 13.6. The molecule has 37 heavy (non-hydrogen) atoms. The molecule has 1 heterocycles. The van der Waals surface area contributed by atoms with Crippen molar-refractivity contribution in [3.63, 3.8) is 0 Å². The number of rotatable bonds is 14. The Labute approximate surface area is 231 Å². The van der Waals surface area contributed by atoms with Crippen molar-refractivity contribution in [3.8, 4) is 0 Å². The van der Waals surface area contributed by atoms with Gasteiger partial charge in [-0.25, -0.2) is 4.79 Å². The predicted octanol–water partition coefficient (Wildman–Crippen LogP) is 6.96. The van der Waals surface area contributed by atoms with Crippen molar-refractivity contribution in [2.45, 2.75) is 97.2 Å². The van der Waals surface area contributed by atoms with E-state index in [1.54, 1.807) is 4.90 Å². The van der Waals surface area contributed by atoms with E-state index in [0.717, 1.165) is 61.7 Å². The number of carbonyl (C=O) groups excluding carboxylic acids is 2. The quantitative estimate of drug-likeness (QED) is 0.249. The zero-order valence-electron chi connectivity index (χ0n) is 22.8. The highest BCUT2D eigenvalue weighted by molar-refractivity contribution is 9.10. The minimum atomic E-state index is -0.0783. The van der Waals surface area contributed by atoms with E-state index in [4.69, 9.17) is 0 Å². The normalized spacial score (nSPS) is 13.9. The van der Waals surface area contributed by atoms with Crippen LogP contribution in [0.15, 0.2) is 47.1 Å². The number of aromatic nitrogens is 1. The highest BCUT2D eigenvalue weighted by atomic mass is 79.9. The molecule has 1 aliphatic rings. The minimum Gasteiger partial charge on any atom is -0.345 e. The number of hydrogen-bond donors (Lipinski definition) is 1. The van der Waals surface area contributed by atoms with Gasteiger partial charge in [-0.3, -0.25) is 4.79 Å². The first-order valence-corrected chi connectivity index (χ1v) is 15.0. The van der Waals surface area contributed by atoms with Gasteiger partial charge in [-0.15, -0.1) is 0 Å². The summed E-state index contributed by atoms with van der Waals surface area (Å²) >= 11 is 3.50. The van der Waals surface area contributed by atoms with Crippen molar-refractivity contribution in [1.82, 2.24) is 19.7 Å². The monoisotopic (exact) mass is 572 g/mol. The van der Waals surface area contributed by atoms with Crippen LogP contribution in [0.1, 0.15) is 89.3 Å². The molecular formula is C30H45BrN4O2. The van der Waals surface area contributed by atoms with Crippen LogP contribution in [-0.2, 0) is 17.9 Å². The maximum Gasteiger partial charge on any atom is 0.318 e. The lowest BCUT2D eigenvalue weighted by molar-refractivity contribution is -0.132. The molecule has 2 aromatic rings. The van der Waals surface area contributed by atoms with Gasteiger partial charge in [0.2, 0.25) is 5.91 Å². The van der Waals surface area contributed by atoms with Gasteiger partial charge >= 0.3 is 6.03 Å². The third-order valence-corrected chi connectivity index (χ3v) is 7.78. The van der Waals surface area contributed by atoms with E-state index < -0.39 is 0 Å². The summed E-state index contributed by atoms with van der Waals surface area (Å²) in [6.07, 6.45) is 12.8. The molecule has 1 aromatic heterocycles. The molecule has 1 aromatic carbocycles. The zero-order valence-corrected chi connectivity index (χ0v) is 24.3. The first kappa shape index (κ1) is 29.3. The summed E-state index contributed by atoms with van der Waals surface area (Å²) < 4.78 is 3.28. The fourth-order valence-electron chi connectivity index (χ4n) is 4.95. The van der Waals surface area contributed by atoms with Crippen LogP contribution in [0.4, 0.5) is 4.79 Å². The standard InChI is InChI=1S/C30H45BrN4O2/c1-3-5-10-20-35(30(37)32-27-12-8-7-9-13-27)24-29(36)34(19-6-4-2)23-28-14-11-21-33(28)22-25-15-17-26(31)18-16-25/h11,14-18,21,27H,3-10,12-13,19-20,22-24H2,1-2H3,(H,32,37). The lowest BCUT2D eigenvalue weighted by Gasteiger charge is -2.30. The number of carbonyl (C=O) groups is 2. The van der Waals surface area contributed by atoms with Gasteiger partial charge in [0.15, 0.2) is 0 Å². The van der Waals surface area contributed by atoms with E-state index in [1.165, 1.54) is 24.8 Å². The Hall–Kier alpha value is -2.28. The van der Waals surface area contributed by atoms with E-state index in [2.05, 4.69) is 76.2 Å². The number of nitrogens with zero attached hydrogens (tertiary/aromatic N) is 3. The summed E-state index contributed by atoms with van der Waals surface area (Å²) in [4.78, 5) is 30.5. The van der Waals surface area contributed by atoms with Gasteiger partial charge in [-0.05, 0) is 55.5 Å². The molecule has 0 bridgehead atoms. The first-order chi connectivity index (χ1) is 18.0. The van der Waals surface area contributed by atoms with Crippen LogP contribution in [-0.4, -0.2) is 52.0 Å². The fourth-order valence-corrected chi connectivity index (χ4v) is 5.22. The summed E-state index contributed by atoms with van der Waals surface area (Å²) in [5.74, 6) is 0.0279. The smallest absolute Gasteiger partial charge is 0.318 e. The fraction of sp³-hybridized carbons (Fsp3) is 0.600. The average Bonchev–Trinajstić information content (AvgIpc) is 3.34.